The summed E-state index contributed by atoms with van der Waals surface area (Å²) in [6.45, 7) is 7.88. The Bertz CT molecular complexity index is 493. The van der Waals surface area contributed by atoms with Crippen molar-refractivity contribution in [3.63, 3.8) is 0 Å². The Morgan fingerprint density at radius 2 is 1.89 bits per heavy atom. The lowest BCUT2D eigenvalue weighted by Gasteiger charge is -2.42. The molecule has 2 heterocycles. The summed E-state index contributed by atoms with van der Waals surface area (Å²) < 4.78 is 0. The van der Waals surface area contributed by atoms with Gasteiger partial charge in [-0.25, -0.2) is 0 Å². The fourth-order valence-electron chi connectivity index (χ4n) is 4.34. The highest BCUT2D eigenvalue weighted by atomic mass is 16.1. The zero-order chi connectivity index (χ0) is 13.7. The van der Waals surface area contributed by atoms with E-state index in [4.69, 9.17) is 0 Å². The number of carbonyl (C=O) groups excluding carboxylic acids is 1. The standard InChI is InChI=1S/C17H23NO/c1-16(2)12-17(3)10-14(19)9-15(16)18(17)11-13-7-5-4-6-8-13/h4-8,15H,9-12H2,1-3H3. The molecule has 2 saturated heterocycles. The summed E-state index contributed by atoms with van der Waals surface area (Å²) in [4.78, 5) is 14.6. The molecule has 2 heteroatoms. The van der Waals surface area contributed by atoms with Gasteiger partial charge in [-0.05, 0) is 24.3 Å². The van der Waals surface area contributed by atoms with Gasteiger partial charge in [-0.2, -0.15) is 0 Å². The van der Waals surface area contributed by atoms with Gasteiger partial charge in [0, 0.05) is 31.0 Å². The minimum absolute atomic E-state index is 0.0549. The van der Waals surface area contributed by atoms with Crippen LogP contribution in [0.3, 0.4) is 0 Å². The second-order valence-corrected chi connectivity index (χ2v) is 7.21. The second-order valence-electron chi connectivity index (χ2n) is 7.21. The molecule has 2 aliphatic rings. The van der Waals surface area contributed by atoms with Crippen LogP contribution in [0, 0.1) is 5.41 Å². The Kier molecular flexibility index (Phi) is 2.82. The maximum absolute atomic E-state index is 12.0. The van der Waals surface area contributed by atoms with E-state index in [1.165, 1.54) is 5.56 Å². The van der Waals surface area contributed by atoms with E-state index in [1.54, 1.807) is 0 Å². The molecule has 2 aliphatic heterocycles. The maximum Gasteiger partial charge on any atom is 0.136 e. The summed E-state index contributed by atoms with van der Waals surface area (Å²) in [6, 6.07) is 11.0. The predicted octanol–water partition coefficient (Wildman–Crippen LogP) is 3.41. The van der Waals surface area contributed by atoms with Gasteiger partial charge in [0.2, 0.25) is 0 Å². The van der Waals surface area contributed by atoms with Gasteiger partial charge >= 0.3 is 0 Å². The highest BCUT2D eigenvalue weighted by Crippen LogP contribution is 2.52. The predicted molar refractivity (Wildman–Crippen MR) is 76.8 cm³/mol. The molecule has 2 nitrogen and oxygen atoms in total. The van der Waals surface area contributed by atoms with Crippen LogP contribution >= 0.6 is 0 Å². The number of hydrogen-bond donors (Lipinski definition) is 0. The van der Waals surface area contributed by atoms with Gasteiger partial charge in [0.1, 0.15) is 5.78 Å². The summed E-state index contributed by atoms with van der Waals surface area (Å²) in [5.41, 5.74) is 1.65. The first-order valence-electron chi connectivity index (χ1n) is 7.23. The Labute approximate surface area is 115 Å². The minimum atomic E-state index is 0.0549. The molecule has 0 radical (unpaired) electrons. The van der Waals surface area contributed by atoms with Crippen molar-refractivity contribution in [3.8, 4) is 0 Å². The van der Waals surface area contributed by atoms with E-state index in [2.05, 4.69) is 56.0 Å². The third-order valence-corrected chi connectivity index (χ3v) is 5.00. The molecule has 0 aromatic heterocycles. The molecule has 19 heavy (non-hydrogen) atoms. The van der Waals surface area contributed by atoms with Crippen LogP contribution in [0.1, 0.15) is 45.6 Å². The fraction of sp³-hybridized carbons (Fsp3) is 0.588. The van der Waals surface area contributed by atoms with Crippen molar-refractivity contribution in [3.05, 3.63) is 35.9 Å². The first-order chi connectivity index (χ1) is 8.91. The lowest BCUT2D eigenvalue weighted by Crippen LogP contribution is -2.51. The van der Waals surface area contributed by atoms with Crippen molar-refractivity contribution >= 4 is 5.78 Å². The third kappa shape index (κ3) is 2.12. The first-order valence-corrected chi connectivity index (χ1v) is 7.23. The normalized spacial score (nSPS) is 33.6. The molecule has 0 aliphatic carbocycles. The molecule has 0 N–H and O–H groups in total. The van der Waals surface area contributed by atoms with Crippen molar-refractivity contribution in [2.24, 2.45) is 5.41 Å². The van der Waals surface area contributed by atoms with Gasteiger partial charge in [-0.3, -0.25) is 9.69 Å². The van der Waals surface area contributed by atoms with Crippen molar-refractivity contribution in [2.75, 3.05) is 0 Å². The van der Waals surface area contributed by atoms with E-state index in [0.717, 1.165) is 25.8 Å². The molecule has 2 bridgehead atoms. The summed E-state index contributed by atoms with van der Waals surface area (Å²) in [7, 11) is 0. The number of hydrogen-bond acceptors (Lipinski definition) is 2. The molecular weight excluding hydrogens is 234 g/mol. The fourth-order valence-corrected chi connectivity index (χ4v) is 4.34. The van der Waals surface area contributed by atoms with Crippen LogP contribution in [-0.2, 0) is 11.3 Å². The molecule has 2 fully saturated rings. The van der Waals surface area contributed by atoms with E-state index in [1.807, 2.05) is 0 Å². The molecule has 1 aromatic rings. The Hall–Kier alpha value is -1.15. The Balaban J connectivity index is 1.91. The van der Waals surface area contributed by atoms with Crippen molar-refractivity contribution in [1.82, 2.24) is 4.90 Å². The number of ketones is 1. The highest BCUT2D eigenvalue weighted by Gasteiger charge is 2.56. The number of nitrogens with zero attached hydrogens (tertiary/aromatic N) is 1. The monoisotopic (exact) mass is 257 g/mol. The summed E-state index contributed by atoms with van der Waals surface area (Å²) in [5, 5.41) is 0. The second kappa shape index (κ2) is 4.17. The van der Waals surface area contributed by atoms with Crippen LogP contribution < -0.4 is 0 Å². The molecule has 0 amide bonds. The largest absolute Gasteiger partial charge is 0.300 e. The molecular formula is C17H23NO. The highest BCUT2D eigenvalue weighted by molar-refractivity contribution is 5.82. The minimum Gasteiger partial charge on any atom is -0.300 e. The lowest BCUT2D eigenvalue weighted by molar-refractivity contribution is -0.127. The van der Waals surface area contributed by atoms with Gasteiger partial charge < -0.3 is 0 Å². The Morgan fingerprint density at radius 1 is 1.21 bits per heavy atom. The third-order valence-electron chi connectivity index (χ3n) is 5.00. The zero-order valence-corrected chi connectivity index (χ0v) is 12.1. The molecule has 1 aromatic carbocycles. The van der Waals surface area contributed by atoms with Crippen LogP contribution in [0.15, 0.2) is 30.3 Å². The van der Waals surface area contributed by atoms with Gasteiger partial charge in [-0.1, -0.05) is 44.2 Å². The molecule has 0 spiro atoms. The van der Waals surface area contributed by atoms with Gasteiger partial charge in [0.05, 0.1) is 0 Å². The van der Waals surface area contributed by atoms with E-state index >= 15 is 0 Å². The number of fused-ring (bicyclic) bond motifs is 2. The lowest BCUT2D eigenvalue weighted by atomic mass is 9.82. The van der Waals surface area contributed by atoms with Crippen LogP contribution in [0.5, 0.6) is 0 Å². The van der Waals surface area contributed by atoms with Crippen LogP contribution in [0.2, 0.25) is 0 Å². The van der Waals surface area contributed by atoms with E-state index in [0.29, 0.717) is 11.8 Å². The first kappa shape index (κ1) is 12.9. The van der Waals surface area contributed by atoms with E-state index in [9.17, 15) is 4.79 Å². The number of piperidine rings is 1. The smallest absolute Gasteiger partial charge is 0.136 e. The van der Waals surface area contributed by atoms with Crippen LogP contribution in [0.4, 0.5) is 0 Å². The molecule has 102 valence electrons. The van der Waals surface area contributed by atoms with Gasteiger partial charge in [0.25, 0.3) is 0 Å². The average molecular weight is 257 g/mol. The molecule has 0 saturated carbocycles. The summed E-state index contributed by atoms with van der Waals surface area (Å²) in [5.74, 6) is 0.447. The van der Waals surface area contributed by atoms with E-state index < -0.39 is 0 Å². The average Bonchev–Trinajstić information content (AvgIpc) is 2.44. The molecule has 3 rings (SSSR count). The number of Topliss-reactive ketones (excluding diaryl/α,β-unsaturated/α-hetero) is 1. The Morgan fingerprint density at radius 3 is 2.53 bits per heavy atom. The van der Waals surface area contributed by atoms with Crippen molar-refractivity contribution in [2.45, 2.75) is 58.2 Å². The van der Waals surface area contributed by atoms with Gasteiger partial charge in [0.15, 0.2) is 0 Å². The van der Waals surface area contributed by atoms with Gasteiger partial charge in [-0.15, -0.1) is 0 Å². The number of benzene rings is 1. The summed E-state index contributed by atoms with van der Waals surface area (Å²) >= 11 is 0. The SMILES string of the molecule is CC1(C)CC2(C)CC(=O)CC1N2Cc1ccccc1. The molecule has 2 atom stereocenters. The van der Waals surface area contributed by atoms with Crippen LogP contribution in [-0.4, -0.2) is 22.3 Å². The quantitative estimate of drug-likeness (QED) is 0.809. The number of rotatable bonds is 2. The van der Waals surface area contributed by atoms with Crippen molar-refractivity contribution in [1.29, 1.82) is 0 Å². The zero-order valence-electron chi connectivity index (χ0n) is 12.1. The maximum atomic E-state index is 12.0. The van der Waals surface area contributed by atoms with E-state index in [-0.39, 0.29) is 11.0 Å². The topological polar surface area (TPSA) is 20.3 Å². The number of carbonyl (C=O) groups is 1. The van der Waals surface area contributed by atoms with Crippen LogP contribution in [0.25, 0.3) is 0 Å². The van der Waals surface area contributed by atoms with Crippen molar-refractivity contribution < 1.29 is 4.79 Å². The summed E-state index contributed by atoms with van der Waals surface area (Å²) in [6.07, 6.45) is 2.58. The molecule has 2 unspecified atom stereocenters.